The summed E-state index contributed by atoms with van der Waals surface area (Å²) in [4.78, 5) is 1.41. The Hall–Kier alpha value is -0.600. The zero-order valence-corrected chi connectivity index (χ0v) is 7.16. The lowest BCUT2D eigenvalue weighted by atomic mass is 10.1. The first-order valence-electron chi connectivity index (χ1n) is 3.90. The maximum atomic E-state index is 3.36. The van der Waals surface area contributed by atoms with E-state index in [1.54, 1.807) is 0 Å². The van der Waals surface area contributed by atoms with E-state index in [0.717, 1.165) is 13.1 Å². The third-order valence-electron chi connectivity index (χ3n) is 1.86. The van der Waals surface area contributed by atoms with Crippen molar-refractivity contribution in [1.82, 2.24) is 5.32 Å². The van der Waals surface area contributed by atoms with Crippen LogP contribution in [0.15, 0.2) is 23.6 Å². The summed E-state index contributed by atoms with van der Waals surface area (Å²) >= 11 is 1.82. The van der Waals surface area contributed by atoms with Gasteiger partial charge < -0.3 is 5.32 Å². The van der Waals surface area contributed by atoms with Crippen molar-refractivity contribution in [3.05, 3.63) is 28.5 Å². The van der Waals surface area contributed by atoms with Gasteiger partial charge in [-0.05, 0) is 30.0 Å². The van der Waals surface area contributed by atoms with Gasteiger partial charge in [-0.15, -0.1) is 11.3 Å². The van der Waals surface area contributed by atoms with Crippen LogP contribution in [0.4, 0.5) is 0 Å². The molecule has 2 heteroatoms. The highest BCUT2D eigenvalue weighted by Gasteiger charge is 2.04. The van der Waals surface area contributed by atoms with Crippen molar-refractivity contribution in [3.8, 4) is 0 Å². The molecule has 0 saturated carbocycles. The summed E-state index contributed by atoms with van der Waals surface area (Å²) in [5.41, 5.74) is 1.46. The van der Waals surface area contributed by atoms with E-state index in [2.05, 4.69) is 28.9 Å². The minimum atomic E-state index is 1.04. The molecule has 0 bridgehead atoms. The Bertz CT molecular complexity index is 249. The van der Waals surface area contributed by atoms with E-state index >= 15 is 0 Å². The van der Waals surface area contributed by atoms with Crippen molar-refractivity contribution in [3.63, 3.8) is 0 Å². The summed E-state index contributed by atoms with van der Waals surface area (Å²) in [6.07, 6.45) is 3.51. The Kier molecular flexibility index (Phi) is 2.06. The molecule has 0 aliphatic carbocycles. The predicted molar refractivity (Wildman–Crippen MR) is 49.8 cm³/mol. The van der Waals surface area contributed by atoms with Crippen LogP contribution in [-0.4, -0.2) is 13.1 Å². The van der Waals surface area contributed by atoms with Crippen LogP contribution in [0, 0.1) is 0 Å². The molecule has 1 aromatic rings. The predicted octanol–water partition coefficient (Wildman–Crippen LogP) is 2.12. The molecule has 2 rings (SSSR count). The summed E-state index contributed by atoms with van der Waals surface area (Å²) in [5.74, 6) is 0. The van der Waals surface area contributed by atoms with Gasteiger partial charge in [0, 0.05) is 11.4 Å². The van der Waals surface area contributed by atoms with Gasteiger partial charge in [0.2, 0.25) is 0 Å². The molecule has 0 aromatic carbocycles. The second-order valence-electron chi connectivity index (χ2n) is 2.67. The van der Waals surface area contributed by atoms with Crippen molar-refractivity contribution >= 4 is 16.9 Å². The fourth-order valence-electron chi connectivity index (χ4n) is 1.29. The summed E-state index contributed by atoms with van der Waals surface area (Å²) < 4.78 is 0. The molecule has 0 radical (unpaired) electrons. The maximum Gasteiger partial charge on any atom is 0.0312 e. The van der Waals surface area contributed by atoms with Crippen LogP contribution in [0.5, 0.6) is 0 Å². The fraction of sp³-hybridized carbons (Fsp3) is 0.333. The fourth-order valence-corrected chi connectivity index (χ4v) is 2.06. The Morgan fingerprint density at radius 1 is 1.45 bits per heavy atom. The van der Waals surface area contributed by atoms with Gasteiger partial charge in [0.25, 0.3) is 0 Å². The van der Waals surface area contributed by atoms with Gasteiger partial charge in [0.05, 0.1) is 0 Å². The Morgan fingerprint density at radius 2 is 2.45 bits per heavy atom. The summed E-state index contributed by atoms with van der Waals surface area (Å²) in [6.45, 7) is 2.18. The van der Waals surface area contributed by atoms with E-state index in [9.17, 15) is 0 Å². The minimum absolute atomic E-state index is 1.04. The number of rotatable bonds is 1. The van der Waals surface area contributed by atoms with E-state index < -0.39 is 0 Å². The first kappa shape index (κ1) is 7.07. The second-order valence-corrected chi connectivity index (χ2v) is 3.62. The van der Waals surface area contributed by atoms with Crippen LogP contribution >= 0.6 is 11.3 Å². The summed E-state index contributed by atoms with van der Waals surface area (Å²) in [6, 6.07) is 4.29. The first-order valence-corrected chi connectivity index (χ1v) is 4.78. The molecule has 1 aromatic heterocycles. The zero-order valence-electron chi connectivity index (χ0n) is 6.34. The molecule has 0 unspecified atom stereocenters. The van der Waals surface area contributed by atoms with Crippen LogP contribution in [0.25, 0.3) is 5.57 Å². The monoisotopic (exact) mass is 165 g/mol. The van der Waals surface area contributed by atoms with E-state index in [1.807, 2.05) is 11.3 Å². The zero-order chi connectivity index (χ0) is 7.52. The smallest absolute Gasteiger partial charge is 0.0312 e. The Balaban J connectivity index is 2.22. The lowest BCUT2D eigenvalue weighted by Crippen LogP contribution is -2.20. The highest BCUT2D eigenvalue weighted by Crippen LogP contribution is 2.21. The molecule has 0 amide bonds. The largest absolute Gasteiger partial charge is 0.312 e. The molecule has 1 N–H and O–H groups in total. The molecule has 0 saturated heterocycles. The first-order chi connectivity index (χ1) is 5.47. The maximum absolute atomic E-state index is 3.36. The molecule has 0 atom stereocenters. The highest BCUT2D eigenvalue weighted by molar-refractivity contribution is 7.11. The molecule has 2 heterocycles. The van der Waals surface area contributed by atoms with Crippen LogP contribution in [-0.2, 0) is 0 Å². The van der Waals surface area contributed by atoms with Gasteiger partial charge in [0.15, 0.2) is 0 Å². The van der Waals surface area contributed by atoms with E-state index in [0.29, 0.717) is 0 Å². The molecular weight excluding hydrogens is 154 g/mol. The van der Waals surface area contributed by atoms with Crippen LogP contribution in [0.1, 0.15) is 11.3 Å². The molecule has 0 spiro atoms. The van der Waals surface area contributed by atoms with Gasteiger partial charge in [-0.2, -0.15) is 0 Å². The third-order valence-corrected chi connectivity index (χ3v) is 2.81. The molecular formula is C9H11NS. The van der Waals surface area contributed by atoms with Gasteiger partial charge in [-0.25, -0.2) is 0 Å². The standard InChI is InChI=1S/C9H11NS/c1-3-8(7-10-5-1)9-4-2-6-11-9/h2-4,6,10H,1,5,7H2. The molecule has 58 valence electrons. The second kappa shape index (κ2) is 3.20. The van der Waals surface area contributed by atoms with Crippen molar-refractivity contribution in [1.29, 1.82) is 0 Å². The molecule has 1 aliphatic heterocycles. The minimum Gasteiger partial charge on any atom is -0.312 e. The van der Waals surface area contributed by atoms with E-state index in [1.165, 1.54) is 16.9 Å². The molecule has 0 fully saturated rings. The van der Waals surface area contributed by atoms with Crippen molar-refractivity contribution in [2.75, 3.05) is 13.1 Å². The number of thiophene rings is 1. The average Bonchev–Trinajstić information content (AvgIpc) is 2.58. The lowest BCUT2D eigenvalue weighted by Gasteiger charge is -2.12. The lowest BCUT2D eigenvalue weighted by molar-refractivity contribution is 0.740. The van der Waals surface area contributed by atoms with Crippen molar-refractivity contribution < 1.29 is 0 Å². The van der Waals surface area contributed by atoms with Gasteiger partial charge in [-0.1, -0.05) is 12.1 Å². The third kappa shape index (κ3) is 1.52. The Morgan fingerprint density at radius 3 is 3.09 bits per heavy atom. The van der Waals surface area contributed by atoms with Crippen molar-refractivity contribution in [2.24, 2.45) is 0 Å². The highest BCUT2D eigenvalue weighted by atomic mass is 32.1. The van der Waals surface area contributed by atoms with Gasteiger partial charge in [0.1, 0.15) is 0 Å². The van der Waals surface area contributed by atoms with Gasteiger partial charge >= 0.3 is 0 Å². The van der Waals surface area contributed by atoms with E-state index in [4.69, 9.17) is 0 Å². The van der Waals surface area contributed by atoms with Crippen molar-refractivity contribution in [2.45, 2.75) is 6.42 Å². The number of nitrogens with one attached hydrogen (secondary N) is 1. The number of hydrogen-bond acceptors (Lipinski definition) is 2. The molecule has 1 nitrogen and oxygen atoms in total. The quantitative estimate of drug-likeness (QED) is 0.672. The summed E-state index contributed by atoms with van der Waals surface area (Å²) in [7, 11) is 0. The molecule has 1 aliphatic rings. The average molecular weight is 165 g/mol. The summed E-state index contributed by atoms with van der Waals surface area (Å²) in [5, 5.41) is 5.49. The number of hydrogen-bond donors (Lipinski definition) is 1. The Labute approximate surface area is 70.8 Å². The van der Waals surface area contributed by atoms with Crippen LogP contribution in [0.2, 0.25) is 0 Å². The van der Waals surface area contributed by atoms with Crippen LogP contribution < -0.4 is 5.32 Å². The van der Waals surface area contributed by atoms with E-state index in [-0.39, 0.29) is 0 Å². The van der Waals surface area contributed by atoms with Gasteiger partial charge in [-0.3, -0.25) is 0 Å². The van der Waals surface area contributed by atoms with Crippen LogP contribution in [0.3, 0.4) is 0 Å². The molecule has 11 heavy (non-hydrogen) atoms. The SMILES string of the molecule is C1=C(c2cccs2)CNCC1. The topological polar surface area (TPSA) is 12.0 Å². The normalized spacial score (nSPS) is 18.0.